The molecular formula is C20H20N2O5. The number of methoxy groups -OCH3 is 2. The highest BCUT2D eigenvalue weighted by Crippen LogP contribution is 2.35. The van der Waals surface area contributed by atoms with Gasteiger partial charge in [0.1, 0.15) is 19.9 Å². The van der Waals surface area contributed by atoms with Crippen LogP contribution in [0.2, 0.25) is 0 Å². The van der Waals surface area contributed by atoms with Gasteiger partial charge in [-0.05, 0) is 30.3 Å². The Hall–Kier alpha value is -3.06. The van der Waals surface area contributed by atoms with E-state index in [1.54, 1.807) is 14.2 Å². The zero-order valence-electron chi connectivity index (χ0n) is 15.2. The van der Waals surface area contributed by atoms with Crippen molar-refractivity contribution in [2.45, 2.75) is 6.61 Å². The lowest BCUT2D eigenvalue weighted by Crippen LogP contribution is -2.18. The van der Waals surface area contributed by atoms with E-state index in [4.69, 9.17) is 18.9 Å². The van der Waals surface area contributed by atoms with Crippen molar-refractivity contribution in [2.24, 2.45) is 9.98 Å². The summed E-state index contributed by atoms with van der Waals surface area (Å²) in [5.74, 6) is 2.49. The van der Waals surface area contributed by atoms with Gasteiger partial charge in [-0.1, -0.05) is 0 Å². The van der Waals surface area contributed by atoms with Crippen molar-refractivity contribution in [2.75, 3.05) is 34.1 Å². The second-order valence-corrected chi connectivity index (χ2v) is 6.04. The summed E-state index contributed by atoms with van der Waals surface area (Å²) in [5.41, 5.74) is 3.84. The molecule has 1 N–H and O–H groups in total. The predicted octanol–water partition coefficient (Wildman–Crippen LogP) is 2.22. The topological polar surface area (TPSA) is 81.9 Å². The van der Waals surface area contributed by atoms with Crippen molar-refractivity contribution in [1.29, 1.82) is 0 Å². The molecule has 0 spiro atoms. The molecule has 0 saturated carbocycles. The third kappa shape index (κ3) is 3.10. The second kappa shape index (κ2) is 7.28. The summed E-state index contributed by atoms with van der Waals surface area (Å²) < 4.78 is 22.1. The number of fused-ring (bicyclic) bond motifs is 1. The fourth-order valence-corrected chi connectivity index (χ4v) is 3.27. The van der Waals surface area contributed by atoms with Crippen LogP contribution in [0.3, 0.4) is 0 Å². The zero-order valence-corrected chi connectivity index (χ0v) is 15.2. The quantitative estimate of drug-likeness (QED) is 0.875. The van der Waals surface area contributed by atoms with Gasteiger partial charge >= 0.3 is 0 Å². The van der Waals surface area contributed by atoms with E-state index in [1.807, 2.05) is 30.3 Å². The smallest absolute Gasteiger partial charge is 0.166 e. The number of aliphatic hydroxyl groups excluding tert-OH is 1. The van der Waals surface area contributed by atoms with Gasteiger partial charge < -0.3 is 24.1 Å². The summed E-state index contributed by atoms with van der Waals surface area (Å²) in [7, 11) is 3.11. The van der Waals surface area contributed by atoms with Gasteiger partial charge in [0.15, 0.2) is 23.0 Å². The van der Waals surface area contributed by atoms with Crippen molar-refractivity contribution in [1.82, 2.24) is 0 Å². The summed E-state index contributed by atoms with van der Waals surface area (Å²) in [6.07, 6.45) is 0. The SMILES string of the molecule is COc1cc(C2=NCN=C2c2ccc3c(c2)OCCO3)cc(CO)c1OC. The van der Waals surface area contributed by atoms with Gasteiger partial charge in [-0.3, -0.25) is 9.98 Å². The maximum Gasteiger partial charge on any atom is 0.166 e. The molecule has 0 amide bonds. The molecule has 0 bridgehead atoms. The Kier molecular flexibility index (Phi) is 4.68. The Bertz CT molecular complexity index is 911. The van der Waals surface area contributed by atoms with Crippen LogP contribution in [0.25, 0.3) is 0 Å². The number of ether oxygens (including phenoxy) is 4. The minimum atomic E-state index is -0.169. The molecule has 0 aromatic heterocycles. The van der Waals surface area contributed by atoms with Gasteiger partial charge in [-0.15, -0.1) is 0 Å². The number of aliphatic hydroxyl groups is 1. The van der Waals surface area contributed by atoms with Gasteiger partial charge in [0.25, 0.3) is 0 Å². The van der Waals surface area contributed by atoms with Gasteiger partial charge in [0.05, 0.1) is 32.2 Å². The molecule has 2 aromatic rings. The standard InChI is InChI=1S/C20H20N2O5/c1-24-17-9-13(7-14(10-23)20(17)25-2)19-18(21-11-22-19)12-3-4-15-16(8-12)27-6-5-26-15/h3-4,7-9,23H,5-6,10-11H2,1-2H3. The van der Waals surface area contributed by atoms with Crippen LogP contribution in [-0.4, -0.2) is 50.6 Å². The normalized spacial score (nSPS) is 15.2. The van der Waals surface area contributed by atoms with E-state index in [-0.39, 0.29) is 6.61 Å². The van der Waals surface area contributed by atoms with Crippen molar-refractivity contribution >= 4 is 11.4 Å². The van der Waals surface area contributed by atoms with Gasteiger partial charge in [0, 0.05) is 16.7 Å². The zero-order chi connectivity index (χ0) is 18.8. The fourth-order valence-electron chi connectivity index (χ4n) is 3.27. The van der Waals surface area contributed by atoms with E-state index in [1.165, 1.54) is 0 Å². The van der Waals surface area contributed by atoms with Crippen LogP contribution in [-0.2, 0) is 6.61 Å². The summed E-state index contributed by atoms with van der Waals surface area (Å²) >= 11 is 0. The average Bonchev–Trinajstić information content (AvgIpc) is 3.22. The Labute approximate surface area is 156 Å². The first-order chi connectivity index (χ1) is 13.2. The lowest BCUT2D eigenvalue weighted by Gasteiger charge is -2.19. The molecule has 0 aliphatic carbocycles. The third-order valence-electron chi connectivity index (χ3n) is 4.50. The summed E-state index contributed by atoms with van der Waals surface area (Å²) in [5, 5.41) is 9.72. The highest BCUT2D eigenvalue weighted by atomic mass is 16.6. The molecule has 2 heterocycles. The second-order valence-electron chi connectivity index (χ2n) is 6.04. The third-order valence-corrected chi connectivity index (χ3v) is 4.50. The highest BCUT2D eigenvalue weighted by molar-refractivity contribution is 6.54. The van der Waals surface area contributed by atoms with Crippen LogP contribution in [0.1, 0.15) is 16.7 Å². The number of aliphatic imine (C=N–C) groups is 2. The maximum atomic E-state index is 9.72. The van der Waals surface area contributed by atoms with Crippen LogP contribution >= 0.6 is 0 Å². The maximum absolute atomic E-state index is 9.72. The molecule has 7 heteroatoms. The first kappa shape index (κ1) is 17.4. The Morgan fingerprint density at radius 3 is 2.37 bits per heavy atom. The first-order valence-electron chi connectivity index (χ1n) is 8.60. The number of hydrogen-bond donors (Lipinski definition) is 1. The Morgan fingerprint density at radius 2 is 1.67 bits per heavy atom. The van der Waals surface area contributed by atoms with Crippen LogP contribution in [0, 0.1) is 0 Å². The molecule has 0 atom stereocenters. The minimum absolute atomic E-state index is 0.169. The van der Waals surface area contributed by atoms with Crippen LogP contribution in [0.15, 0.2) is 40.3 Å². The van der Waals surface area contributed by atoms with E-state index in [0.29, 0.717) is 42.7 Å². The molecule has 27 heavy (non-hydrogen) atoms. The lowest BCUT2D eigenvalue weighted by atomic mass is 9.97. The number of rotatable bonds is 5. The lowest BCUT2D eigenvalue weighted by molar-refractivity contribution is 0.171. The van der Waals surface area contributed by atoms with Gasteiger partial charge in [-0.2, -0.15) is 0 Å². The van der Waals surface area contributed by atoms with Crippen LogP contribution in [0.5, 0.6) is 23.0 Å². The predicted molar refractivity (Wildman–Crippen MR) is 101 cm³/mol. The summed E-state index contributed by atoms with van der Waals surface area (Å²) in [4.78, 5) is 9.09. The minimum Gasteiger partial charge on any atom is -0.493 e. The fraction of sp³-hybridized carbons (Fsp3) is 0.300. The van der Waals surface area contributed by atoms with Gasteiger partial charge in [0.2, 0.25) is 0 Å². The van der Waals surface area contributed by atoms with E-state index >= 15 is 0 Å². The molecule has 7 nitrogen and oxygen atoms in total. The number of benzene rings is 2. The molecule has 4 rings (SSSR count). The average molecular weight is 368 g/mol. The van der Waals surface area contributed by atoms with Crippen LogP contribution in [0.4, 0.5) is 0 Å². The molecule has 0 radical (unpaired) electrons. The van der Waals surface area contributed by atoms with Crippen molar-refractivity contribution in [3.63, 3.8) is 0 Å². The molecule has 2 aromatic carbocycles. The number of nitrogens with zero attached hydrogens (tertiary/aromatic N) is 2. The Balaban J connectivity index is 1.74. The molecule has 0 saturated heterocycles. The molecule has 2 aliphatic rings. The monoisotopic (exact) mass is 368 g/mol. The summed E-state index contributed by atoms with van der Waals surface area (Å²) in [6.45, 7) is 1.26. The van der Waals surface area contributed by atoms with Gasteiger partial charge in [-0.25, -0.2) is 0 Å². The van der Waals surface area contributed by atoms with E-state index in [9.17, 15) is 5.11 Å². The first-order valence-corrected chi connectivity index (χ1v) is 8.60. The largest absolute Gasteiger partial charge is 0.493 e. The van der Waals surface area contributed by atoms with E-state index in [0.717, 1.165) is 28.3 Å². The van der Waals surface area contributed by atoms with Crippen molar-refractivity contribution in [3.8, 4) is 23.0 Å². The summed E-state index contributed by atoms with van der Waals surface area (Å²) in [6, 6.07) is 9.44. The molecule has 0 unspecified atom stereocenters. The molecule has 2 aliphatic heterocycles. The van der Waals surface area contributed by atoms with E-state index in [2.05, 4.69) is 9.98 Å². The van der Waals surface area contributed by atoms with E-state index < -0.39 is 0 Å². The van der Waals surface area contributed by atoms with Crippen molar-refractivity contribution in [3.05, 3.63) is 47.0 Å². The highest BCUT2D eigenvalue weighted by Gasteiger charge is 2.23. The number of hydrogen-bond acceptors (Lipinski definition) is 7. The molecular weight excluding hydrogens is 348 g/mol. The Morgan fingerprint density at radius 1 is 0.926 bits per heavy atom. The molecule has 140 valence electrons. The molecule has 0 fully saturated rings. The van der Waals surface area contributed by atoms with Crippen LogP contribution < -0.4 is 18.9 Å². The van der Waals surface area contributed by atoms with Crippen molar-refractivity contribution < 1.29 is 24.1 Å².